The Morgan fingerprint density at radius 3 is 2.46 bits per heavy atom. The minimum atomic E-state index is 0.519. The predicted octanol–water partition coefficient (Wildman–Crippen LogP) is 4.13. The molecule has 0 saturated heterocycles. The molecule has 3 aromatic rings. The summed E-state index contributed by atoms with van der Waals surface area (Å²) in [7, 11) is 1.59. The summed E-state index contributed by atoms with van der Waals surface area (Å²) in [5.74, 6) is 0.519. The maximum Gasteiger partial charge on any atom is 0.233 e. The van der Waals surface area contributed by atoms with Crippen LogP contribution in [0.2, 0.25) is 0 Å². The first-order valence-electron chi connectivity index (χ1n) is 8.37. The van der Waals surface area contributed by atoms with Crippen LogP contribution >= 0.6 is 0 Å². The van der Waals surface area contributed by atoms with Gasteiger partial charge in [0.2, 0.25) is 5.88 Å². The standard InChI is InChI=1S/C19H20N4O/c1-24-19-10-9-17(20-21-19)14-5-4-6-15(13-14)18-11-12-23(22-18)16-7-2-3-8-16/h4-6,9-13,16H,2-3,7-8H2,1H3. The van der Waals surface area contributed by atoms with Gasteiger partial charge in [-0.15, -0.1) is 10.2 Å². The Bertz CT molecular complexity index is 819. The number of hydrogen-bond acceptors (Lipinski definition) is 4. The minimum absolute atomic E-state index is 0.519. The summed E-state index contributed by atoms with van der Waals surface area (Å²) in [4.78, 5) is 0. The monoisotopic (exact) mass is 320 g/mol. The topological polar surface area (TPSA) is 52.8 Å². The molecule has 0 unspecified atom stereocenters. The second-order valence-electron chi connectivity index (χ2n) is 6.16. The molecule has 0 N–H and O–H groups in total. The fraction of sp³-hybridized carbons (Fsp3) is 0.316. The van der Waals surface area contributed by atoms with Crippen molar-refractivity contribution < 1.29 is 4.74 Å². The first-order valence-corrected chi connectivity index (χ1v) is 8.37. The SMILES string of the molecule is COc1ccc(-c2cccc(-c3ccn(C4CCCC4)n3)c2)nn1. The van der Waals surface area contributed by atoms with Gasteiger partial charge in [-0.05, 0) is 31.0 Å². The summed E-state index contributed by atoms with van der Waals surface area (Å²) < 4.78 is 7.19. The van der Waals surface area contributed by atoms with Crippen molar-refractivity contribution in [3.8, 4) is 28.4 Å². The van der Waals surface area contributed by atoms with Crippen molar-refractivity contribution in [3.63, 3.8) is 0 Å². The minimum Gasteiger partial charge on any atom is -0.480 e. The van der Waals surface area contributed by atoms with E-state index in [1.54, 1.807) is 7.11 Å². The van der Waals surface area contributed by atoms with Crippen molar-refractivity contribution in [2.45, 2.75) is 31.7 Å². The average molecular weight is 320 g/mol. The Hall–Kier alpha value is -2.69. The molecular formula is C19H20N4O. The van der Waals surface area contributed by atoms with Gasteiger partial charge >= 0.3 is 0 Å². The highest BCUT2D eigenvalue weighted by Crippen LogP contribution is 2.30. The zero-order chi connectivity index (χ0) is 16.4. The van der Waals surface area contributed by atoms with E-state index in [4.69, 9.17) is 9.84 Å². The molecule has 0 atom stereocenters. The van der Waals surface area contributed by atoms with Gasteiger partial charge in [0.25, 0.3) is 0 Å². The lowest BCUT2D eigenvalue weighted by atomic mass is 10.1. The van der Waals surface area contributed by atoms with Crippen molar-refractivity contribution in [3.05, 3.63) is 48.7 Å². The largest absolute Gasteiger partial charge is 0.480 e. The number of hydrogen-bond donors (Lipinski definition) is 0. The van der Waals surface area contributed by atoms with Gasteiger partial charge in [-0.1, -0.05) is 31.0 Å². The third kappa shape index (κ3) is 2.89. The summed E-state index contributed by atoms with van der Waals surface area (Å²) in [6.45, 7) is 0. The lowest BCUT2D eigenvalue weighted by Crippen LogP contribution is -2.04. The first-order chi connectivity index (χ1) is 11.8. The van der Waals surface area contributed by atoms with Crippen molar-refractivity contribution in [2.75, 3.05) is 7.11 Å². The van der Waals surface area contributed by atoms with Crippen LogP contribution in [0, 0.1) is 0 Å². The van der Waals surface area contributed by atoms with E-state index in [1.165, 1.54) is 25.7 Å². The van der Waals surface area contributed by atoms with E-state index in [0.717, 1.165) is 22.5 Å². The highest BCUT2D eigenvalue weighted by molar-refractivity contribution is 5.69. The second kappa shape index (κ2) is 6.43. The zero-order valence-corrected chi connectivity index (χ0v) is 13.7. The van der Waals surface area contributed by atoms with Gasteiger partial charge in [-0.3, -0.25) is 4.68 Å². The maximum absolute atomic E-state index is 5.06. The molecule has 1 aliphatic carbocycles. The van der Waals surface area contributed by atoms with Crippen molar-refractivity contribution in [1.29, 1.82) is 0 Å². The van der Waals surface area contributed by atoms with Gasteiger partial charge in [-0.2, -0.15) is 5.10 Å². The first kappa shape index (κ1) is 14.9. The molecule has 5 nitrogen and oxygen atoms in total. The highest BCUT2D eigenvalue weighted by Gasteiger charge is 2.17. The predicted molar refractivity (Wildman–Crippen MR) is 92.7 cm³/mol. The molecule has 0 spiro atoms. The number of ether oxygens (including phenoxy) is 1. The number of aromatic nitrogens is 4. The van der Waals surface area contributed by atoms with E-state index in [-0.39, 0.29) is 0 Å². The molecule has 1 saturated carbocycles. The Morgan fingerprint density at radius 1 is 0.958 bits per heavy atom. The maximum atomic E-state index is 5.06. The van der Waals surface area contributed by atoms with E-state index < -0.39 is 0 Å². The Labute approximate surface area is 141 Å². The summed E-state index contributed by atoms with van der Waals surface area (Å²) in [6, 6.07) is 14.7. The Balaban J connectivity index is 1.62. The quantitative estimate of drug-likeness (QED) is 0.725. The van der Waals surface area contributed by atoms with Crippen molar-refractivity contribution >= 4 is 0 Å². The van der Waals surface area contributed by atoms with Crippen LogP contribution in [-0.4, -0.2) is 27.1 Å². The lowest BCUT2D eigenvalue weighted by Gasteiger charge is -2.09. The second-order valence-corrected chi connectivity index (χ2v) is 6.16. The molecule has 0 bridgehead atoms. The molecule has 24 heavy (non-hydrogen) atoms. The Morgan fingerprint density at radius 2 is 1.75 bits per heavy atom. The molecule has 2 aromatic heterocycles. The summed E-state index contributed by atoms with van der Waals surface area (Å²) in [6.07, 6.45) is 7.20. The van der Waals surface area contributed by atoms with Gasteiger partial charge in [0.15, 0.2) is 0 Å². The van der Waals surface area contributed by atoms with Crippen LogP contribution in [0.3, 0.4) is 0 Å². The number of benzene rings is 1. The molecule has 1 aliphatic rings. The normalized spacial score (nSPS) is 14.9. The zero-order valence-electron chi connectivity index (χ0n) is 13.7. The third-order valence-corrected chi connectivity index (χ3v) is 4.61. The fourth-order valence-electron chi connectivity index (χ4n) is 3.28. The molecule has 1 aromatic carbocycles. The number of nitrogens with zero attached hydrogens (tertiary/aromatic N) is 4. The van der Waals surface area contributed by atoms with E-state index in [1.807, 2.05) is 24.3 Å². The lowest BCUT2D eigenvalue weighted by molar-refractivity contribution is 0.392. The van der Waals surface area contributed by atoms with Crippen LogP contribution in [0.15, 0.2) is 48.7 Å². The van der Waals surface area contributed by atoms with Gasteiger partial charge in [0.1, 0.15) is 0 Å². The van der Waals surface area contributed by atoms with Gasteiger partial charge in [-0.25, -0.2) is 0 Å². The average Bonchev–Trinajstić information content (AvgIpc) is 3.33. The summed E-state index contributed by atoms with van der Waals surface area (Å²) >= 11 is 0. The van der Waals surface area contributed by atoms with Crippen LogP contribution in [-0.2, 0) is 0 Å². The number of methoxy groups -OCH3 is 1. The van der Waals surface area contributed by atoms with Crippen LogP contribution in [0.5, 0.6) is 5.88 Å². The van der Waals surface area contributed by atoms with Crippen molar-refractivity contribution in [2.24, 2.45) is 0 Å². The van der Waals surface area contributed by atoms with Gasteiger partial charge in [0.05, 0.1) is 24.5 Å². The molecule has 0 amide bonds. The van der Waals surface area contributed by atoms with Crippen LogP contribution in [0.4, 0.5) is 0 Å². The van der Waals surface area contributed by atoms with E-state index >= 15 is 0 Å². The van der Waals surface area contributed by atoms with Crippen LogP contribution < -0.4 is 4.74 Å². The third-order valence-electron chi connectivity index (χ3n) is 4.61. The smallest absolute Gasteiger partial charge is 0.233 e. The fourth-order valence-corrected chi connectivity index (χ4v) is 3.28. The van der Waals surface area contributed by atoms with Gasteiger partial charge < -0.3 is 4.74 Å². The van der Waals surface area contributed by atoms with Crippen LogP contribution in [0.1, 0.15) is 31.7 Å². The van der Waals surface area contributed by atoms with Gasteiger partial charge in [0, 0.05) is 23.4 Å². The van der Waals surface area contributed by atoms with E-state index in [9.17, 15) is 0 Å². The van der Waals surface area contributed by atoms with E-state index in [2.05, 4.69) is 39.3 Å². The van der Waals surface area contributed by atoms with E-state index in [0.29, 0.717) is 11.9 Å². The molecule has 1 fully saturated rings. The molecule has 122 valence electrons. The highest BCUT2D eigenvalue weighted by atomic mass is 16.5. The molecule has 4 rings (SSSR count). The molecular weight excluding hydrogens is 300 g/mol. The Kier molecular flexibility index (Phi) is 3.99. The molecule has 0 aliphatic heterocycles. The molecule has 2 heterocycles. The molecule has 5 heteroatoms. The van der Waals surface area contributed by atoms with Crippen molar-refractivity contribution in [1.82, 2.24) is 20.0 Å². The summed E-state index contributed by atoms with van der Waals surface area (Å²) in [5, 5.41) is 13.0. The van der Waals surface area contributed by atoms with Crippen LogP contribution in [0.25, 0.3) is 22.5 Å². The molecule has 0 radical (unpaired) electrons. The number of rotatable bonds is 4. The summed E-state index contributed by atoms with van der Waals surface area (Å²) in [5.41, 5.74) is 3.96.